The largest absolute Gasteiger partial charge is 0.465 e. The number of carbonyl (C=O) groups excluding carboxylic acids is 1. The van der Waals surface area contributed by atoms with Crippen molar-refractivity contribution >= 4 is 5.97 Å². The van der Waals surface area contributed by atoms with Gasteiger partial charge in [0.1, 0.15) is 0 Å². The number of halogens is 6. The van der Waals surface area contributed by atoms with E-state index in [0.717, 1.165) is 18.2 Å². The van der Waals surface area contributed by atoms with Crippen LogP contribution in [-0.4, -0.2) is 18.2 Å². The highest BCUT2D eigenvalue weighted by Crippen LogP contribution is 2.34. The summed E-state index contributed by atoms with van der Waals surface area (Å²) < 4.78 is 80.9. The van der Waals surface area contributed by atoms with E-state index in [9.17, 15) is 31.1 Å². The quantitative estimate of drug-likeness (QED) is 0.346. The third-order valence-corrected chi connectivity index (χ3v) is 4.75. The third-order valence-electron chi connectivity index (χ3n) is 4.75. The molecule has 0 atom stereocenters. The second-order valence-electron chi connectivity index (χ2n) is 8.70. The fraction of sp³-hybridized carbons (Fsp3) is 0.480. The van der Waals surface area contributed by atoms with Gasteiger partial charge in [0.05, 0.1) is 30.4 Å². The number of hydrogen-bond acceptors (Lipinski definition) is 3. The second kappa shape index (κ2) is 12.2. The number of esters is 1. The lowest BCUT2D eigenvalue weighted by molar-refractivity contribution is -0.139. The Morgan fingerprint density at radius 1 is 0.824 bits per heavy atom. The van der Waals surface area contributed by atoms with Gasteiger partial charge >= 0.3 is 18.3 Å². The fourth-order valence-electron chi connectivity index (χ4n) is 3.35. The molecule has 3 nitrogen and oxygen atoms in total. The minimum absolute atomic E-state index is 0.0685. The van der Waals surface area contributed by atoms with Gasteiger partial charge in [0, 0.05) is 0 Å². The van der Waals surface area contributed by atoms with Gasteiger partial charge in [-0.15, -0.1) is 0 Å². The number of carbonyl (C=O) groups is 1. The molecule has 0 radical (unpaired) electrons. The molecular formula is C25H30F6O3. The summed E-state index contributed by atoms with van der Waals surface area (Å²) >= 11 is 0. The van der Waals surface area contributed by atoms with Crippen LogP contribution in [0, 0.1) is 11.8 Å². The van der Waals surface area contributed by atoms with E-state index in [1.54, 1.807) is 0 Å². The molecule has 0 aliphatic carbocycles. The number of alkyl halides is 6. The lowest BCUT2D eigenvalue weighted by Crippen LogP contribution is -2.12. The summed E-state index contributed by atoms with van der Waals surface area (Å²) in [5.74, 6) is -0.414. The van der Waals surface area contributed by atoms with E-state index in [1.165, 1.54) is 25.3 Å². The van der Waals surface area contributed by atoms with E-state index in [2.05, 4.69) is 4.74 Å². The van der Waals surface area contributed by atoms with E-state index >= 15 is 0 Å². The van der Waals surface area contributed by atoms with Gasteiger partial charge in [-0.3, -0.25) is 0 Å². The average Bonchev–Trinajstić information content (AvgIpc) is 2.70. The van der Waals surface area contributed by atoms with E-state index in [4.69, 9.17) is 5.11 Å². The third kappa shape index (κ3) is 9.00. The monoisotopic (exact) mass is 492 g/mol. The number of hydrogen-bond donors (Lipinski definition) is 1. The minimum atomic E-state index is -4.40. The molecule has 0 saturated heterocycles. The standard InChI is InChI=1S/C13H15F3O2.C12H15F3O/c1-8(2)6-10-7-9(12(17)18-3)4-5-11(10)13(14,15)16;1-8(2)5-10-6-9(7-16)3-4-11(10)12(13,14)15/h4-5,7-8H,6H2,1-3H3;3-4,6,8,16H,5,7H2,1-2H3. The van der Waals surface area contributed by atoms with Crippen molar-refractivity contribution in [2.75, 3.05) is 7.11 Å². The molecule has 190 valence electrons. The van der Waals surface area contributed by atoms with Crippen LogP contribution in [0.5, 0.6) is 0 Å². The van der Waals surface area contributed by atoms with Gasteiger partial charge in [-0.25, -0.2) is 4.79 Å². The Hall–Kier alpha value is -2.55. The van der Waals surface area contributed by atoms with Gasteiger partial charge in [-0.05, 0) is 65.6 Å². The van der Waals surface area contributed by atoms with Gasteiger partial charge in [-0.2, -0.15) is 26.3 Å². The normalized spacial score (nSPS) is 11.9. The van der Waals surface area contributed by atoms with E-state index in [1.807, 2.05) is 27.7 Å². The molecule has 9 heteroatoms. The average molecular weight is 493 g/mol. The SMILES string of the molecule is CC(C)Cc1cc(CO)ccc1C(F)(F)F.COC(=O)c1ccc(C(F)(F)F)c(CC(C)C)c1. The van der Waals surface area contributed by atoms with Gasteiger partial charge < -0.3 is 9.84 Å². The van der Waals surface area contributed by atoms with E-state index in [-0.39, 0.29) is 41.6 Å². The highest BCUT2D eigenvalue weighted by molar-refractivity contribution is 5.89. The zero-order valence-corrected chi connectivity index (χ0v) is 19.8. The Morgan fingerprint density at radius 2 is 1.26 bits per heavy atom. The van der Waals surface area contributed by atoms with Gasteiger partial charge in [-0.1, -0.05) is 39.8 Å². The summed E-state index contributed by atoms with van der Waals surface area (Å²) in [5.41, 5.74) is -0.249. The molecule has 0 saturated carbocycles. The lowest BCUT2D eigenvalue weighted by Gasteiger charge is -2.15. The number of benzene rings is 2. The number of rotatable bonds is 6. The molecule has 0 heterocycles. The lowest BCUT2D eigenvalue weighted by atomic mass is 9.95. The minimum Gasteiger partial charge on any atom is -0.465 e. The maximum Gasteiger partial charge on any atom is 0.416 e. The molecule has 34 heavy (non-hydrogen) atoms. The highest BCUT2D eigenvalue weighted by Gasteiger charge is 2.34. The summed E-state index contributed by atoms with van der Waals surface area (Å²) in [7, 11) is 1.20. The highest BCUT2D eigenvalue weighted by atomic mass is 19.4. The molecule has 0 aliphatic heterocycles. The predicted octanol–water partition coefficient (Wildman–Crippen LogP) is 7.09. The second-order valence-corrected chi connectivity index (χ2v) is 8.70. The number of ether oxygens (including phenoxy) is 1. The smallest absolute Gasteiger partial charge is 0.416 e. The Balaban J connectivity index is 0.000000342. The first-order valence-electron chi connectivity index (χ1n) is 10.7. The molecule has 1 N–H and O–H groups in total. The summed E-state index contributed by atoms with van der Waals surface area (Å²) in [6.07, 6.45) is -8.10. The first-order chi connectivity index (χ1) is 15.6. The van der Waals surface area contributed by atoms with Gasteiger partial charge in [0.2, 0.25) is 0 Å². The Kier molecular flexibility index (Phi) is 10.6. The zero-order chi connectivity index (χ0) is 26.3. The van der Waals surface area contributed by atoms with Crippen LogP contribution in [0.4, 0.5) is 26.3 Å². The van der Waals surface area contributed by atoms with Crippen molar-refractivity contribution in [1.82, 2.24) is 0 Å². The first kappa shape index (κ1) is 29.5. The molecule has 0 bridgehead atoms. The Morgan fingerprint density at radius 3 is 1.65 bits per heavy atom. The molecule has 0 fully saturated rings. The van der Waals surface area contributed by atoms with Crippen molar-refractivity contribution < 1.29 is 41.0 Å². The molecule has 0 spiro atoms. The maximum atomic E-state index is 12.8. The van der Waals surface area contributed by atoms with Crippen LogP contribution < -0.4 is 0 Å². The maximum absolute atomic E-state index is 12.8. The van der Waals surface area contributed by atoms with Crippen LogP contribution in [0.3, 0.4) is 0 Å². The molecule has 0 unspecified atom stereocenters. The fourth-order valence-corrected chi connectivity index (χ4v) is 3.35. The molecule has 2 aromatic carbocycles. The van der Waals surface area contributed by atoms with Crippen molar-refractivity contribution in [2.45, 2.75) is 59.5 Å². The number of methoxy groups -OCH3 is 1. The molecule has 2 aromatic rings. The molecular weight excluding hydrogens is 462 g/mol. The topological polar surface area (TPSA) is 46.5 Å². The van der Waals surface area contributed by atoms with Gasteiger partial charge in [0.15, 0.2) is 0 Å². The molecule has 2 rings (SSSR count). The molecule has 0 amide bonds. The zero-order valence-electron chi connectivity index (χ0n) is 19.8. The predicted molar refractivity (Wildman–Crippen MR) is 117 cm³/mol. The van der Waals surface area contributed by atoms with Crippen molar-refractivity contribution in [2.24, 2.45) is 11.8 Å². The van der Waals surface area contributed by atoms with Crippen LogP contribution in [0.2, 0.25) is 0 Å². The van der Waals surface area contributed by atoms with Crippen molar-refractivity contribution in [1.29, 1.82) is 0 Å². The van der Waals surface area contributed by atoms with Crippen LogP contribution in [0.25, 0.3) is 0 Å². The summed E-state index contributed by atoms with van der Waals surface area (Å²) in [6.45, 7) is 7.15. The first-order valence-corrected chi connectivity index (χ1v) is 10.7. The van der Waals surface area contributed by atoms with Crippen molar-refractivity contribution in [3.8, 4) is 0 Å². The summed E-state index contributed by atoms with van der Waals surface area (Å²) in [6, 6.07) is 7.12. The Labute approximate surface area is 195 Å². The Bertz CT molecular complexity index is 947. The molecule has 0 aromatic heterocycles. The number of aliphatic hydroxyl groups is 1. The summed E-state index contributed by atoms with van der Waals surface area (Å²) in [4.78, 5) is 11.3. The van der Waals surface area contributed by atoms with Crippen LogP contribution in [0.15, 0.2) is 36.4 Å². The number of aliphatic hydroxyl groups excluding tert-OH is 1. The van der Waals surface area contributed by atoms with Crippen molar-refractivity contribution in [3.63, 3.8) is 0 Å². The van der Waals surface area contributed by atoms with Gasteiger partial charge in [0.25, 0.3) is 0 Å². The van der Waals surface area contributed by atoms with Crippen LogP contribution in [-0.2, 0) is 36.5 Å². The van der Waals surface area contributed by atoms with Crippen molar-refractivity contribution in [3.05, 3.63) is 69.8 Å². The van der Waals surface area contributed by atoms with E-state index in [0.29, 0.717) is 12.0 Å². The summed E-state index contributed by atoms with van der Waals surface area (Å²) in [5, 5.41) is 8.91. The van der Waals surface area contributed by atoms with Crippen LogP contribution >= 0.6 is 0 Å². The molecule has 0 aliphatic rings. The van der Waals surface area contributed by atoms with Crippen LogP contribution in [0.1, 0.15) is 65.9 Å². The van der Waals surface area contributed by atoms with E-state index < -0.39 is 29.4 Å².